The number of amides is 1. The highest BCUT2D eigenvalue weighted by Gasteiger charge is 2.39. The standard InChI is InChI=1S/C23H26BrClFN3O3/c1-15-11-27-23(2,14-29(15)12-16-3-5-17(26)6-4-16)21(30)13-32-18-7-8-20(19(25)9-18)28-22(31)10-24/h3-9,15,27H,10-14H2,1-2H3,(H,28,31). The topological polar surface area (TPSA) is 70.7 Å². The molecule has 1 heterocycles. The van der Waals surface area contributed by atoms with Crippen molar-refractivity contribution in [3.8, 4) is 5.75 Å². The fourth-order valence-electron chi connectivity index (χ4n) is 3.52. The van der Waals surface area contributed by atoms with E-state index in [4.69, 9.17) is 16.3 Å². The van der Waals surface area contributed by atoms with Gasteiger partial charge in [-0.3, -0.25) is 14.5 Å². The molecule has 0 radical (unpaired) electrons. The number of alkyl halides is 1. The third kappa shape index (κ3) is 6.28. The van der Waals surface area contributed by atoms with Crippen LogP contribution in [0.15, 0.2) is 42.5 Å². The third-order valence-corrected chi connectivity index (χ3v) is 6.37. The zero-order valence-corrected chi connectivity index (χ0v) is 20.3. The molecule has 1 aliphatic rings. The van der Waals surface area contributed by atoms with Crippen LogP contribution < -0.4 is 15.4 Å². The van der Waals surface area contributed by atoms with Crippen LogP contribution in [0, 0.1) is 5.82 Å². The second kappa shape index (κ2) is 10.7. The summed E-state index contributed by atoms with van der Waals surface area (Å²) in [5, 5.41) is 6.50. The van der Waals surface area contributed by atoms with Crippen molar-refractivity contribution in [3.63, 3.8) is 0 Å². The molecule has 1 aliphatic heterocycles. The van der Waals surface area contributed by atoms with Crippen LogP contribution in [-0.4, -0.2) is 53.2 Å². The number of piperazine rings is 1. The van der Waals surface area contributed by atoms with Gasteiger partial charge in [-0.25, -0.2) is 4.39 Å². The van der Waals surface area contributed by atoms with Gasteiger partial charge in [-0.15, -0.1) is 0 Å². The van der Waals surface area contributed by atoms with Crippen molar-refractivity contribution in [1.29, 1.82) is 0 Å². The van der Waals surface area contributed by atoms with Crippen LogP contribution in [0.5, 0.6) is 5.75 Å². The summed E-state index contributed by atoms with van der Waals surface area (Å²) in [4.78, 5) is 26.7. The highest BCUT2D eigenvalue weighted by Crippen LogP contribution is 2.27. The molecule has 2 aromatic rings. The minimum Gasteiger partial charge on any atom is -0.486 e. The van der Waals surface area contributed by atoms with Gasteiger partial charge < -0.3 is 15.4 Å². The van der Waals surface area contributed by atoms with Crippen molar-refractivity contribution < 1.29 is 18.7 Å². The Kier molecular flexibility index (Phi) is 8.27. The average molecular weight is 527 g/mol. The van der Waals surface area contributed by atoms with Crippen LogP contribution in [0.3, 0.4) is 0 Å². The summed E-state index contributed by atoms with van der Waals surface area (Å²) in [6, 6.07) is 11.5. The van der Waals surface area contributed by atoms with E-state index in [2.05, 4.69) is 38.4 Å². The molecule has 2 atom stereocenters. The number of ketones is 1. The van der Waals surface area contributed by atoms with Gasteiger partial charge in [0.25, 0.3) is 0 Å². The maximum Gasteiger partial charge on any atom is 0.235 e. The Morgan fingerprint density at radius 2 is 2.03 bits per heavy atom. The van der Waals surface area contributed by atoms with Crippen LogP contribution in [0.25, 0.3) is 0 Å². The van der Waals surface area contributed by atoms with Gasteiger partial charge in [-0.05, 0) is 43.7 Å². The number of nitrogens with zero attached hydrogens (tertiary/aromatic N) is 1. The largest absolute Gasteiger partial charge is 0.486 e. The molecule has 0 bridgehead atoms. The number of carbonyl (C=O) groups excluding carboxylic acids is 2. The van der Waals surface area contributed by atoms with Gasteiger partial charge in [0.1, 0.15) is 18.2 Å². The number of ether oxygens (including phenoxy) is 1. The molecule has 1 saturated heterocycles. The van der Waals surface area contributed by atoms with Gasteiger partial charge in [0, 0.05) is 31.7 Å². The zero-order valence-electron chi connectivity index (χ0n) is 18.0. The Bertz CT molecular complexity index is 975. The molecule has 9 heteroatoms. The first-order valence-corrected chi connectivity index (χ1v) is 11.7. The van der Waals surface area contributed by atoms with E-state index in [0.717, 1.165) is 5.56 Å². The summed E-state index contributed by atoms with van der Waals surface area (Å²) in [6.07, 6.45) is 0. The highest BCUT2D eigenvalue weighted by atomic mass is 79.9. The first kappa shape index (κ1) is 24.6. The lowest BCUT2D eigenvalue weighted by Gasteiger charge is -2.44. The molecule has 3 rings (SSSR count). The number of nitrogens with one attached hydrogen (secondary N) is 2. The number of halogens is 3. The van der Waals surface area contributed by atoms with E-state index in [0.29, 0.717) is 36.1 Å². The molecule has 0 aromatic heterocycles. The lowest BCUT2D eigenvalue weighted by Crippen LogP contribution is -2.66. The Balaban J connectivity index is 1.60. The van der Waals surface area contributed by atoms with Gasteiger partial charge in [-0.1, -0.05) is 39.7 Å². The normalized spacial score (nSPS) is 21.2. The molecular formula is C23H26BrClFN3O3. The fourth-order valence-corrected chi connectivity index (χ4v) is 3.88. The summed E-state index contributed by atoms with van der Waals surface area (Å²) in [5.74, 6) is -0.123. The molecule has 6 nitrogen and oxygen atoms in total. The van der Waals surface area contributed by atoms with Crippen LogP contribution in [0.2, 0.25) is 5.02 Å². The molecule has 172 valence electrons. The van der Waals surface area contributed by atoms with Crippen molar-refractivity contribution in [1.82, 2.24) is 10.2 Å². The Morgan fingerprint density at radius 3 is 2.69 bits per heavy atom. The van der Waals surface area contributed by atoms with E-state index < -0.39 is 5.54 Å². The molecule has 0 spiro atoms. The lowest BCUT2D eigenvalue weighted by atomic mass is 9.91. The van der Waals surface area contributed by atoms with Crippen LogP contribution in [0.4, 0.5) is 10.1 Å². The number of hydrogen-bond donors (Lipinski definition) is 2. The third-order valence-electron chi connectivity index (χ3n) is 5.55. The van der Waals surface area contributed by atoms with Gasteiger partial charge in [0.05, 0.1) is 21.6 Å². The van der Waals surface area contributed by atoms with E-state index in [1.165, 1.54) is 12.1 Å². The minimum atomic E-state index is -0.778. The SMILES string of the molecule is CC1CNC(C)(C(=O)COc2ccc(NC(=O)CBr)c(Cl)c2)CN1Cc1ccc(F)cc1. The number of anilines is 1. The number of rotatable bonds is 8. The number of Topliss-reactive ketones (excluding diaryl/α,β-unsaturated/α-hetero) is 1. The summed E-state index contributed by atoms with van der Waals surface area (Å²) < 4.78 is 18.9. The summed E-state index contributed by atoms with van der Waals surface area (Å²) in [5.41, 5.74) is 0.689. The molecule has 1 amide bonds. The maximum atomic E-state index is 13.2. The Morgan fingerprint density at radius 1 is 1.31 bits per heavy atom. The van der Waals surface area contributed by atoms with Crippen molar-refractivity contribution in [2.45, 2.75) is 32.0 Å². The van der Waals surface area contributed by atoms with E-state index in [1.54, 1.807) is 30.3 Å². The highest BCUT2D eigenvalue weighted by molar-refractivity contribution is 9.09. The summed E-state index contributed by atoms with van der Waals surface area (Å²) in [7, 11) is 0. The van der Waals surface area contributed by atoms with E-state index in [1.807, 2.05) is 6.92 Å². The fraction of sp³-hybridized carbons (Fsp3) is 0.391. The minimum absolute atomic E-state index is 0.0821. The summed E-state index contributed by atoms with van der Waals surface area (Å²) >= 11 is 9.29. The first-order valence-electron chi connectivity index (χ1n) is 10.2. The number of hydrogen-bond acceptors (Lipinski definition) is 5. The molecule has 32 heavy (non-hydrogen) atoms. The molecule has 2 N–H and O–H groups in total. The molecule has 0 saturated carbocycles. The molecule has 2 aromatic carbocycles. The Hall–Kier alpha value is -2.00. The lowest BCUT2D eigenvalue weighted by molar-refractivity contribution is -0.129. The van der Waals surface area contributed by atoms with Crippen LogP contribution in [-0.2, 0) is 16.1 Å². The summed E-state index contributed by atoms with van der Waals surface area (Å²) in [6.45, 7) is 5.63. The number of carbonyl (C=O) groups is 2. The second-order valence-corrected chi connectivity index (χ2v) is 9.10. The second-order valence-electron chi connectivity index (χ2n) is 8.13. The molecule has 2 unspecified atom stereocenters. The number of benzene rings is 2. The smallest absolute Gasteiger partial charge is 0.235 e. The van der Waals surface area contributed by atoms with Gasteiger partial charge in [-0.2, -0.15) is 0 Å². The maximum absolute atomic E-state index is 13.2. The monoisotopic (exact) mass is 525 g/mol. The average Bonchev–Trinajstić information content (AvgIpc) is 2.77. The van der Waals surface area contributed by atoms with Gasteiger partial charge >= 0.3 is 0 Å². The molecule has 0 aliphatic carbocycles. The van der Waals surface area contributed by atoms with Gasteiger partial charge in [0.2, 0.25) is 5.91 Å². The predicted octanol–water partition coefficient (Wildman–Crippen LogP) is 4.01. The van der Waals surface area contributed by atoms with Gasteiger partial charge in [0.15, 0.2) is 5.78 Å². The van der Waals surface area contributed by atoms with E-state index >= 15 is 0 Å². The molecule has 1 fully saturated rings. The van der Waals surface area contributed by atoms with Crippen molar-refractivity contribution in [2.75, 3.05) is 30.3 Å². The first-order chi connectivity index (χ1) is 15.2. The van der Waals surface area contributed by atoms with Crippen LogP contribution in [0.1, 0.15) is 19.4 Å². The quantitative estimate of drug-likeness (QED) is 0.509. The Labute approximate surface area is 200 Å². The van der Waals surface area contributed by atoms with Crippen molar-refractivity contribution in [3.05, 3.63) is 58.9 Å². The van der Waals surface area contributed by atoms with E-state index in [-0.39, 0.29) is 35.5 Å². The van der Waals surface area contributed by atoms with Crippen LogP contribution >= 0.6 is 27.5 Å². The van der Waals surface area contributed by atoms with E-state index in [9.17, 15) is 14.0 Å². The van der Waals surface area contributed by atoms with Crippen molar-refractivity contribution in [2.24, 2.45) is 0 Å². The molecular weight excluding hydrogens is 501 g/mol. The van der Waals surface area contributed by atoms with Crippen molar-refractivity contribution >= 4 is 44.9 Å². The zero-order chi connectivity index (χ0) is 23.3. The predicted molar refractivity (Wildman–Crippen MR) is 127 cm³/mol.